The summed E-state index contributed by atoms with van der Waals surface area (Å²) in [5.74, 6) is -0.336. The van der Waals surface area contributed by atoms with Gasteiger partial charge in [0, 0.05) is 0 Å². The van der Waals surface area contributed by atoms with E-state index >= 15 is 0 Å². The Labute approximate surface area is 78.4 Å². The van der Waals surface area contributed by atoms with E-state index in [2.05, 4.69) is 4.74 Å². The average Bonchev–Trinajstić information content (AvgIpc) is 2.13. The molecule has 0 fully saturated rings. The number of hydrogen-bond acceptors (Lipinski definition) is 3. The molecule has 2 unspecified atom stereocenters. The first-order chi connectivity index (χ1) is 6.07. The smallest absolute Gasteiger partial charge is 0.312 e. The number of carbonyl (C=O) groups is 1. The van der Waals surface area contributed by atoms with Crippen molar-refractivity contribution in [1.82, 2.24) is 0 Å². The van der Waals surface area contributed by atoms with Crippen LogP contribution < -0.4 is 0 Å². The van der Waals surface area contributed by atoms with Crippen LogP contribution in [0.2, 0.25) is 0 Å². The van der Waals surface area contributed by atoms with Gasteiger partial charge in [-0.15, -0.1) is 0 Å². The van der Waals surface area contributed by atoms with E-state index in [9.17, 15) is 9.90 Å². The van der Waals surface area contributed by atoms with Crippen LogP contribution in [0.1, 0.15) is 26.7 Å². The first-order valence-corrected chi connectivity index (χ1v) is 4.51. The number of hydrogen-bond donors (Lipinski definition) is 1. The lowest BCUT2D eigenvalue weighted by molar-refractivity contribution is -0.144. The van der Waals surface area contributed by atoms with Crippen LogP contribution in [-0.4, -0.2) is 24.3 Å². The van der Waals surface area contributed by atoms with Crippen LogP contribution in [0.5, 0.6) is 0 Å². The summed E-state index contributed by atoms with van der Waals surface area (Å²) >= 11 is 0. The van der Waals surface area contributed by atoms with Crippen molar-refractivity contribution in [2.45, 2.75) is 32.8 Å². The lowest BCUT2D eigenvalue weighted by atomic mass is 9.82. The molecular weight excluding hydrogens is 168 g/mol. The number of esters is 1. The van der Waals surface area contributed by atoms with Crippen molar-refractivity contribution < 1.29 is 14.6 Å². The van der Waals surface area contributed by atoms with Crippen LogP contribution in [0.25, 0.3) is 0 Å². The number of aliphatic hydroxyl groups is 1. The van der Waals surface area contributed by atoms with Gasteiger partial charge < -0.3 is 9.84 Å². The molecule has 0 bridgehead atoms. The average molecular weight is 184 g/mol. The molecule has 0 heterocycles. The van der Waals surface area contributed by atoms with E-state index in [4.69, 9.17) is 0 Å². The molecule has 74 valence electrons. The van der Waals surface area contributed by atoms with Gasteiger partial charge in [0.05, 0.1) is 19.1 Å². The minimum absolute atomic E-state index is 0.145. The Hall–Kier alpha value is -0.830. The number of ether oxygens (including phenoxy) is 1. The van der Waals surface area contributed by atoms with Gasteiger partial charge in [0.1, 0.15) is 0 Å². The van der Waals surface area contributed by atoms with Gasteiger partial charge in [-0.2, -0.15) is 0 Å². The third-order valence-corrected chi connectivity index (χ3v) is 2.86. The minimum Gasteiger partial charge on any atom is -0.469 e. The van der Waals surface area contributed by atoms with Gasteiger partial charge in [0.2, 0.25) is 0 Å². The highest BCUT2D eigenvalue weighted by molar-refractivity contribution is 5.76. The van der Waals surface area contributed by atoms with Crippen molar-refractivity contribution in [2.24, 2.45) is 5.92 Å². The quantitative estimate of drug-likeness (QED) is 0.493. The molecular formula is C10H16O3. The Morgan fingerprint density at radius 2 is 2.00 bits per heavy atom. The van der Waals surface area contributed by atoms with Crippen molar-refractivity contribution in [2.75, 3.05) is 7.11 Å². The van der Waals surface area contributed by atoms with Crippen LogP contribution in [0.3, 0.4) is 0 Å². The van der Waals surface area contributed by atoms with Gasteiger partial charge in [-0.05, 0) is 32.3 Å². The van der Waals surface area contributed by atoms with E-state index in [0.717, 1.165) is 11.1 Å². The van der Waals surface area contributed by atoms with Crippen molar-refractivity contribution in [3.63, 3.8) is 0 Å². The van der Waals surface area contributed by atoms with Crippen LogP contribution in [-0.2, 0) is 9.53 Å². The highest BCUT2D eigenvalue weighted by Crippen LogP contribution is 2.30. The van der Waals surface area contributed by atoms with E-state index in [0.29, 0.717) is 12.8 Å². The predicted octanol–water partition coefficient (Wildman–Crippen LogP) is 1.27. The molecule has 1 aliphatic carbocycles. The summed E-state index contributed by atoms with van der Waals surface area (Å²) in [5, 5.41) is 9.51. The molecule has 1 rings (SSSR count). The topological polar surface area (TPSA) is 46.5 Å². The van der Waals surface area contributed by atoms with Crippen molar-refractivity contribution >= 4 is 5.97 Å². The largest absolute Gasteiger partial charge is 0.469 e. The summed E-state index contributed by atoms with van der Waals surface area (Å²) in [6, 6.07) is 0. The van der Waals surface area contributed by atoms with Crippen molar-refractivity contribution in [3.8, 4) is 0 Å². The van der Waals surface area contributed by atoms with Gasteiger partial charge >= 0.3 is 5.97 Å². The highest BCUT2D eigenvalue weighted by atomic mass is 16.5. The molecule has 3 heteroatoms. The molecule has 0 aromatic carbocycles. The van der Waals surface area contributed by atoms with E-state index in [-0.39, 0.29) is 18.0 Å². The third-order valence-electron chi connectivity index (χ3n) is 2.86. The van der Waals surface area contributed by atoms with Gasteiger partial charge in [-0.25, -0.2) is 0 Å². The second-order valence-corrected chi connectivity index (χ2v) is 3.53. The normalized spacial score (nSPS) is 28.9. The standard InChI is InChI=1S/C10H16O3/c1-6-7(2)9(11)5-4-8(6)10(12)13-3/h8-9,11H,4-5H2,1-3H3. The lowest BCUT2D eigenvalue weighted by Crippen LogP contribution is -2.27. The second-order valence-electron chi connectivity index (χ2n) is 3.53. The zero-order chi connectivity index (χ0) is 10.0. The van der Waals surface area contributed by atoms with Gasteiger partial charge in [0.15, 0.2) is 0 Å². The monoisotopic (exact) mass is 184 g/mol. The molecule has 13 heavy (non-hydrogen) atoms. The Bertz CT molecular complexity index is 243. The van der Waals surface area contributed by atoms with E-state index in [1.54, 1.807) is 0 Å². The van der Waals surface area contributed by atoms with Crippen LogP contribution >= 0.6 is 0 Å². The summed E-state index contributed by atoms with van der Waals surface area (Å²) in [4.78, 5) is 11.3. The summed E-state index contributed by atoms with van der Waals surface area (Å²) in [5.41, 5.74) is 1.88. The van der Waals surface area contributed by atoms with Crippen LogP contribution in [0.4, 0.5) is 0 Å². The summed E-state index contributed by atoms with van der Waals surface area (Å²) in [6.07, 6.45) is 0.973. The fourth-order valence-electron chi connectivity index (χ4n) is 1.73. The molecule has 1 aliphatic rings. The molecule has 0 saturated carbocycles. The number of aliphatic hydroxyl groups excluding tert-OH is 1. The molecule has 0 spiro atoms. The maximum atomic E-state index is 11.3. The van der Waals surface area contributed by atoms with E-state index in [1.165, 1.54) is 7.11 Å². The zero-order valence-electron chi connectivity index (χ0n) is 8.33. The molecule has 0 aliphatic heterocycles. The first-order valence-electron chi connectivity index (χ1n) is 4.51. The Morgan fingerprint density at radius 3 is 2.54 bits per heavy atom. The zero-order valence-corrected chi connectivity index (χ0v) is 8.33. The highest BCUT2D eigenvalue weighted by Gasteiger charge is 2.29. The predicted molar refractivity (Wildman–Crippen MR) is 49.1 cm³/mol. The fourth-order valence-corrected chi connectivity index (χ4v) is 1.73. The van der Waals surface area contributed by atoms with Gasteiger partial charge in [0.25, 0.3) is 0 Å². The molecule has 0 aromatic rings. The summed E-state index contributed by atoms with van der Waals surface area (Å²) in [7, 11) is 1.40. The second kappa shape index (κ2) is 3.92. The third kappa shape index (κ3) is 1.91. The fraction of sp³-hybridized carbons (Fsp3) is 0.700. The molecule has 0 aromatic heterocycles. The number of rotatable bonds is 1. The minimum atomic E-state index is -0.374. The van der Waals surface area contributed by atoms with Crippen molar-refractivity contribution in [1.29, 1.82) is 0 Å². The summed E-state index contributed by atoms with van der Waals surface area (Å²) in [6.45, 7) is 3.76. The SMILES string of the molecule is COC(=O)C1CCC(O)C(C)=C1C. The lowest BCUT2D eigenvalue weighted by Gasteiger charge is -2.26. The van der Waals surface area contributed by atoms with E-state index < -0.39 is 0 Å². The summed E-state index contributed by atoms with van der Waals surface area (Å²) < 4.78 is 4.69. The molecule has 0 amide bonds. The molecule has 1 N–H and O–H groups in total. The molecule has 0 saturated heterocycles. The number of carbonyl (C=O) groups excluding carboxylic acids is 1. The molecule has 3 nitrogen and oxygen atoms in total. The van der Waals surface area contributed by atoms with Crippen LogP contribution in [0, 0.1) is 5.92 Å². The Morgan fingerprint density at radius 1 is 1.38 bits per heavy atom. The van der Waals surface area contributed by atoms with Gasteiger partial charge in [-0.1, -0.05) is 5.57 Å². The van der Waals surface area contributed by atoms with E-state index in [1.807, 2.05) is 13.8 Å². The Balaban J connectivity index is 2.86. The first kappa shape index (κ1) is 10.3. The van der Waals surface area contributed by atoms with Gasteiger partial charge in [-0.3, -0.25) is 4.79 Å². The Kier molecular flexibility index (Phi) is 3.09. The van der Waals surface area contributed by atoms with Crippen LogP contribution in [0.15, 0.2) is 11.1 Å². The maximum absolute atomic E-state index is 11.3. The molecule has 0 radical (unpaired) electrons. The molecule has 2 atom stereocenters. The number of methoxy groups -OCH3 is 1. The maximum Gasteiger partial charge on any atom is 0.312 e. The van der Waals surface area contributed by atoms with Crippen molar-refractivity contribution in [3.05, 3.63) is 11.1 Å².